The molecule has 0 radical (unpaired) electrons. The molecule has 37 heavy (non-hydrogen) atoms. The zero-order valence-electron chi connectivity index (χ0n) is 21.1. The summed E-state index contributed by atoms with van der Waals surface area (Å²) in [7, 11) is 0. The Labute approximate surface area is 221 Å². The SMILES string of the molecule is CCN1CCN(C(=O)c2ccccc2CSc2nnc(-c3ccc(C)cc3)n2-c2ccccc2F)CC1. The Morgan fingerprint density at radius 3 is 2.35 bits per heavy atom. The molecular formula is C29H30FN5OS. The topological polar surface area (TPSA) is 54.3 Å². The number of amides is 1. The summed E-state index contributed by atoms with van der Waals surface area (Å²) in [5, 5.41) is 9.44. The monoisotopic (exact) mass is 515 g/mol. The third-order valence-corrected chi connectivity index (χ3v) is 7.73. The molecule has 0 aliphatic carbocycles. The van der Waals surface area contributed by atoms with Gasteiger partial charge in [-0.25, -0.2) is 4.39 Å². The highest BCUT2D eigenvalue weighted by molar-refractivity contribution is 7.98. The van der Waals surface area contributed by atoms with Crippen LogP contribution in [-0.4, -0.2) is 63.2 Å². The number of piperazine rings is 1. The highest BCUT2D eigenvalue weighted by Gasteiger charge is 2.24. The molecule has 1 fully saturated rings. The molecule has 0 saturated carbocycles. The van der Waals surface area contributed by atoms with E-state index in [1.165, 1.54) is 17.8 Å². The minimum atomic E-state index is -0.348. The molecule has 3 aromatic carbocycles. The van der Waals surface area contributed by atoms with E-state index in [1.54, 1.807) is 22.8 Å². The lowest BCUT2D eigenvalue weighted by Gasteiger charge is -2.34. The van der Waals surface area contributed by atoms with Gasteiger partial charge in [0.1, 0.15) is 5.82 Å². The van der Waals surface area contributed by atoms with E-state index in [0.717, 1.165) is 49.4 Å². The van der Waals surface area contributed by atoms with Gasteiger partial charge in [0.05, 0.1) is 5.69 Å². The fourth-order valence-electron chi connectivity index (χ4n) is 4.54. The van der Waals surface area contributed by atoms with Crippen molar-refractivity contribution in [3.8, 4) is 17.1 Å². The Morgan fingerprint density at radius 2 is 1.62 bits per heavy atom. The van der Waals surface area contributed by atoms with Crippen molar-refractivity contribution in [2.75, 3.05) is 32.7 Å². The van der Waals surface area contributed by atoms with Gasteiger partial charge in [0.2, 0.25) is 0 Å². The lowest BCUT2D eigenvalue weighted by atomic mass is 10.1. The molecule has 6 nitrogen and oxygen atoms in total. The van der Waals surface area contributed by atoms with Crippen LogP contribution >= 0.6 is 11.8 Å². The summed E-state index contributed by atoms with van der Waals surface area (Å²) in [6.45, 7) is 8.43. The summed E-state index contributed by atoms with van der Waals surface area (Å²) in [4.78, 5) is 17.7. The van der Waals surface area contributed by atoms with Crippen LogP contribution in [-0.2, 0) is 5.75 Å². The van der Waals surface area contributed by atoms with Crippen molar-refractivity contribution in [3.05, 3.63) is 95.3 Å². The van der Waals surface area contributed by atoms with Gasteiger partial charge in [0, 0.05) is 43.1 Å². The number of hydrogen-bond acceptors (Lipinski definition) is 5. The maximum absolute atomic E-state index is 14.9. The zero-order chi connectivity index (χ0) is 25.8. The number of carbonyl (C=O) groups excluding carboxylic acids is 1. The minimum Gasteiger partial charge on any atom is -0.336 e. The van der Waals surface area contributed by atoms with Gasteiger partial charge in [-0.2, -0.15) is 0 Å². The second kappa shape index (κ2) is 11.3. The van der Waals surface area contributed by atoms with E-state index >= 15 is 0 Å². The predicted molar refractivity (Wildman–Crippen MR) is 146 cm³/mol. The van der Waals surface area contributed by atoms with Gasteiger partial charge >= 0.3 is 0 Å². The molecule has 0 unspecified atom stereocenters. The fourth-order valence-corrected chi connectivity index (χ4v) is 5.49. The fraction of sp³-hybridized carbons (Fsp3) is 0.276. The number of halogens is 1. The Morgan fingerprint density at radius 1 is 0.919 bits per heavy atom. The van der Waals surface area contributed by atoms with E-state index in [4.69, 9.17) is 0 Å². The van der Waals surface area contributed by atoms with Crippen molar-refractivity contribution in [1.29, 1.82) is 0 Å². The molecule has 0 N–H and O–H groups in total. The van der Waals surface area contributed by atoms with Crippen LogP contribution in [0.4, 0.5) is 4.39 Å². The average Bonchev–Trinajstić information content (AvgIpc) is 3.36. The molecule has 1 aliphatic heterocycles. The van der Waals surface area contributed by atoms with Gasteiger partial charge in [-0.05, 0) is 37.2 Å². The predicted octanol–water partition coefficient (Wildman–Crippen LogP) is 5.45. The largest absolute Gasteiger partial charge is 0.336 e. The van der Waals surface area contributed by atoms with Crippen LogP contribution in [0.25, 0.3) is 17.1 Å². The van der Waals surface area contributed by atoms with E-state index in [1.807, 2.05) is 60.4 Å². The van der Waals surface area contributed by atoms with Crippen LogP contribution in [0.15, 0.2) is 78.0 Å². The summed E-state index contributed by atoms with van der Waals surface area (Å²) in [6, 6.07) is 22.3. The minimum absolute atomic E-state index is 0.0582. The van der Waals surface area contributed by atoms with Crippen LogP contribution in [0.2, 0.25) is 0 Å². The summed E-state index contributed by atoms with van der Waals surface area (Å²) < 4.78 is 16.7. The Balaban J connectivity index is 1.43. The molecule has 5 rings (SSSR count). The van der Waals surface area contributed by atoms with Crippen LogP contribution in [0, 0.1) is 12.7 Å². The number of thioether (sulfide) groups is 1. The van der Waals surface area contributed by atoms with Gasteiger partial charge in [-0.1, -0.05) is 78.8 Å². The molecule has 1 aromatic heterocycles. The van der Waals surface area contributed by atoms with Crippen LogP contribution in [0.5, 0.6) is 0 Å². The summed E-state index contributed by atoms with van der Waals surface area (Å²) >= 11 is 1.45. The maximum Gasteiger partial charge on any atom is 0.254 e. The van der Waals surface area contributed by atoms with E-state index < -0.39 is 0 Å². The molecule has 1 aliphatic rings. The zero-order valence-corrected chi connectivity index (χ0v) is 21.9. The first kappa shape index (κ1) is 25.2. The molecule has 8 heteroatoms. The molecule has 0 atom stereocenters. The number of hydrogen-bond donors (Lipinski definition) is 0. The normalized spacial score (nSPS) is 14.2. The highest BCUT2D eigenvalue weighted by atomic mass is 32.2. The molecule has 1 amide bonds. The summed E-state index contributed by atoms with van der Waals surface area (Å²) in [5.41, 5.74) is 4.01. The van der Waals surface area contributed by atoms with Gasteiger partial charge < -0.3 is 9.80 Å². The van der Waals surface area contributed by atoms with Gasteiger partial charge in [-0.15, -0.1) is 10.2 Å². The number of likely N-dealkylation sites (N-methyl/N-ethyl adjacent to an activating group) is 1. The lowest BCUT2D eigenvalue weighted by Crippen LogP contribution is -2.48. The highest BCUT2D eigenvalue weighted by Crippen LogP contribution is 2.31. The van der Waals surface area contributed by atoms with Crippen LogP contribution in [0.1, 0.15) is 28.4 Å². The lowest BCUT2D eigenvalue weighted by molar-refractivity contribution is 0.0642. The second-order valence-electron chi connectivity index (χ2n) is 9.13. The van der Waals surface area contributed by atoms with Gasteiger partial charge in [0.15, 0.2) is 11.0 Å². The number of nitrogens with zero attached hydrogens (tertiary/aromatic N) is 5. The number of aromatic nitrogens is 3. The number of benzene rings is 3. The number of aryl methyl sites for hydroxylation is 1. The number of carbonyl (C=O) groups is 1. The van der Waals surface area contributed by atoms with Crippen molar-refractivity contribution in [3.63, 3.8) is 0 Å². The third kappa shape index (κ3) is 5.45. The Hall–Kier alpha value is -3.49. The second-order valence-corrected chi connectivity index (χ2v) is 10.1. The van der Waals surface area contributed by atoms with Gasteiger partial charge in [-0.3, -0.25) is 9.36 Å². The quantitative estimate of drug-likeness (QED) is 0.306. The van der Waals surface area contributed by atoms with Gasteiger partial charge in [0.25, 0.3) is 5.91 Å². The average molecular weight is 516 g/mol. The van der Waals surface area contributed by atoms with Crippen molar-refractivity contribution < 1.29 is 9.18 Å². The van der Waals surface area contributed by atoms with Crippen molar-refractivity contribution >= 4 is 17.7 Å². The summed E-state index contributed by atoms with van der Waals surface area (Å²) in [5.74, 6) is 0.796. The van der Waals surface area contributed by atoms with E-state index in [9.17, 15) is 9.18 Å². The molecule has 0 bridgehead atoms. The number of para-hydroxylation sites is 1. The number of rotatable bonds is 7. The third-order valence-electron chi connectivity index (χ3n) is 6.75. The van der Waals surface area contributed by atoms with E-state index in [2.05, 4.69) is 22.0 Å². The van der Waals surface area contributed by atoms with Crippen LogP contribution in [0.3, 0.4) is 0 Å². The summed E-state index contributed by atoms with van der Waals surface area (Å²) in [6.07, 6.45) is 0. The Bertz CT molecular complexity index is 1380. The maximum atomic E-state index is 14.9. The standard InChI is InChI=1S/C29H30FN5OS/c1-3-33-16-18-34(19-17-33)28(36)24-9-5-4-8-23(24)20-37-29-32-31-27(22-14-12-21(2)13-15-22)35(29)26-11-7-6-10-25(26)30/h4-15H,3,16-20H2,1-2H3. The molecule has 2 heterocycles. The van der Waals surface area contributed by atoms with Crippen molar-refractivity contribution in [1.82, 2.24) is 24.6 Å². The molecule has 190 valence electrons. The molecule has 4 aromatic rings. The first-order valence-electron chi connectivity index (χ1n) is 12.5. The van der Waals surface area contributed by atoms with E-state index in [0.29, 0.717) is 28.0 Å². The first-order valence-corrected chi connectivity index (χ1v) is 13.5. The molecule has 1 saturated heterocycles. The Kier molecular flexibility index (Phi) is 7.67. The van der Waals surface area contributed by atoms with Crippen LogP contribution < -0.4 is 0 Å². The van der Waals surface area contributed by atoms with Crippen molar-refractivity contribution in [2.45, 2.75) is 24.8 Å². The molecule has 0 spiro atoms. The van der Waals surface area contributed by atoms with Crippen molar-refractivity contribution in [2.24, 2.45) is 0 Å². The van der Waals surface area contributed by atoms with E-state index in [-0.39, 0.29) is 11.7 Å². The molecular weight excluding hydrogens is 485 g/mol. The first-order chi connectivity index (χ1) is 18.0. The smallest absolute Gasteiger partial charge is 0.254 e.